The van der Waals surface area contributed by atoms with Crippen molar-refractivity contribution in [2.75, 3.05) is 0 Å². The van der Waals surface area contributed by atoms with E-state index in [0.29, 0.717) is 10.8 Å². The molecule has 0 aromatic heterocycles. The van der Waals surface area contributed by atoms with Gasteiger partial charge in [-0.05, 0) is 86.0 Å². The highest BCUT2D eigenvalue weighted by Crippen LogP contribution is 2.66. The molecule has 0 aromatic carbocycles. The van der Waals surface area contributed by atoms with Gasteiger partial charge in [-0.1, -0.05) is 76.8 Å². The minimum atomic E-state index is 0.506. The molecule has 2 unspecified atom stereocenters. The van der Waals surface area contributed by atoms with Crippen LogP contribution in [0, 0.1) is 22.7 Å². The fourth-order valence-electron chi connectivity index (χ4n) is 6.57. The lowest BCUT2D eigenvalue weighted by Gasteiger charge is -2.51. The Morgan fingerprint density at radius 3 is 2.58 bits per heavy atom. The van der Waals surface area contributed by atoms with Gasteiger partial charge >= 0.3 is 0 Å². The summed E-state index contributed by atoms with van der Waals surface area (Å²) >= 11 is 0. The molecule has 0 radical (unpaired) electrons. The first kappa shape index (κ1) is 20.0. The van der Waals surface area contributed by atoms with Crippen LogP contribution in [0.4, 0.5) is 0 Å². The topological polar surface area (TPSA) is 0 Å². The van der Waals surface area contributed by atoms with Gasteiger partial charge in [0.05, 0.1) is 0 Å². The van der Waals surface area contributed by atoms with Crippen molar-refractivity contribution in [1.82, 2.24) is 0 Å². The first-order valence-electron chi connectivity index (χ1n) is 11.5. The average molecular weight is 355 g/mol. The summed E-state index contributed by atoms with van der Waals surface area (Å²) in [6.45, 7) is 14.5. The van der Waals surface area contributed by atoms with E-state index in [1.54, 1.807) is 5.57 Å². The van der Waals surface area contributed by atoms with Crippen molar-refractivity contribution in [3.05, 3.63) is 35.5 Å². The highest BCUT2D eigenvalue weighted by atomic mass is 14.6. The summed E-state index contributed by atoms with van der Waals surface area (Å²) in [5.41, 5.74) is 5.72. The molecule has 0 spiro atoms. The Kier molecular flexibility index (Phi) is 6.20. The maximum atomic E-state index is 4.32. The van der Waals surface area contributed by atoms with Crippen molar-refractivity contribution >= 4 is 0 Å². The average Bonchev–Trinajstić information content (AvgIpc) is 2.92. The van der Waals surface area contributed by atoms with Crippen LogP contribution in [0.5, 0.6) is 0 Å². The van der Waals surface area contributed by atoms with Crippen molar-refractivity contribution in [3.63, 3.8) is 0 Å². The molecule has 3 saturated carbocycles. The van der Waals surface area contributed by atoms with Crippen LogP contribution < -0.4 is 0 Å². The summed E-state index contributed by atoms with van der Waals surface area (Å²) in [6, 6.07) is 0. The van der Waals surface area contributed by atoms with Crippen LogP contribution in [0.15, 0.2) is 35.5 Å². The van der Waals surface area contributed by atoms with Gasteiger partial charge in [-0.3, -0.25) is 0 Å². The van der Waals surface area contributed by atoms with E-state index in [9.17, 15) is 0 Å². The predicted molar refractivity (Wildman–Crippen MR) is 115 cm³/mol. The summed E-state index contributed by atoms with van der Waals surface area (Å²) in [5.74, 6) is 1.67. The lowest BCUT2D eigenvalue weighted by molar-refractivity contribution is 0.00216. The lowest BCUT2D eigenvalue weighted by atomic mass is 9.53. The van der Waals surface area contributed by atoms with Gasteiger partial charge in [-0.2, -0.15) is 0 Å². The van der Waals surface area contributed by atoms with Crippen LogP contribution in [0.25, 0.3) is 0 Å². The van der Waals surface area contributed by atoms with Crippen molar-refractivity contribution in [3.8, 4) is 0 Å². The van der Waals surface area contributed by atoms with E-state index in [1.807, 2.05) is 0 Å². The van der Waals surface area contributed by atoms with Gasteiger partial charge in [0.1, 0.15) is 0 Å². The number of hydrogen-bond donors (Lipinski definition) is 0. The molecule has 0 nitrogen and oxygen atoms in total. The minimum absolute atomic E-state index is 0.506. The molecule has 0 heterocycles. The molecule has 3 aliphatic rings. The largest absolute Gasteiger partial charge is 0.0956 e. The van der Waals surface area contributed by atoms with E-state index >= 15 is 0 Å². The molecule has 3 fully saturated rings. The number of fused-ring (bicyclic) bond motifs is 1. The fraction of sp³-hybridized carbons (Fsp3) is 0.769. The number of unbranched alkanes of at least 4 members (excludes halogenated alkanes) is 1. The summed E-state index contributed by atoms with van der Waals surface area (Å²) in [5, 5.41) is 0. The molecule has 0 N–H and O–H groups in total. The first-order valence-corrected chi connectivity index (χ1v) is 11.5. The third-order valence-electron chi connectivity index (χ3n) is 8.84. The van der Waals surface area contributed by atoms with E-state index in [0.717, 1.165) is 11.8 Å². The zero-order valence-electron chi connectivity index (χ0n) is 18.0. The molecule has 3 rings (SSSR count). The van der Waals surface area contributed by atoms with Crippen LogP contribution in [-0.2, 0) is 0 Å². The molecule has 0 bridgehead atoms. The van der Waals surface area contributed by atoms with E-state index in [-0.39, 0.29) is 0 Å². The second kappa shape index (κ2) is 8.07. The number of hydrogen-bond acceptors (Lipinski definition) is 0. The van der Waals surface area contributed by atoms with Crippen molar-refractivity contribution in [1.29, 1.82) is 0 Å². The molecule has 146 valence electrons. The van der Waals surface area contributed by atoms with E-state index < -0.39 is 0 Å². The monoisotopic (exact) mass is 354 g/mol. The Morgan fingerprint density at radius 1 is 1.08 bits per heavy atom. The molecule has 0 amide bonds. The Balaban J connectivity index is 1.81. The normalized spacial score (nSPS) is 39.4. The van der Waals surface area contributed by atoms with Gasteiger partial charge in [0.2, 0.25) is 0 Å². The molecule has 3 aliphatic carbocycles. The second-order valence-corrected chi connectivity index (χ2v) is 10.1. The van der Waals surface area contributed by atoms with Gasteiger partial charge in [0, 0.05) is 0 Å². The van der Waals surface area contributed by atoms with Crippen molar-refractivity contribution in [2.24, 2.45) is 22.7 Å². The molecule has 0 heteroatoms. The SMILES string of the molecule is C=C1CCCC/C1=C/C=C1\CCCC2(C)[C@H]1CC[C@]2(C)C(C)CCCC. The molecule has 0 aliphatic heterocycles. The Morgan fingerprint density at radius 2 is 1.85 bits per heavy atom. The standard InChI is InChI=1S/C26H42/c1-6-7-12-21(3)25(4)19-17-24-23(14-10-18-26(24,25)5)16-15-22-13-9-8-11-20(22)2/h15-16,21,24H,2,6-14,17-19H2,1,3-5H3/b22-15-,23-16+/t21?,24-,25+,26?/m0/s1. The van der Waals surface area contributed by atoms with E-state index in [2.05, 4.69) is 46.4 Å². The Hall–Kier alpha value is -0.780. The highest BCUT2D eigenvalue weighted by molar-refractivity contribution is 5.35. The molecular weight excluding hydrogens is 312 g/mol. The van der Waals surface area contributed by atoms with E-state index in [1.165, 1.54) is 88.2 Å². The van der Waals surface area contributed by atoms with Crippen LogP contribution in [0.3, 0.4) is 0 Å². The smallest absolute Gasteiger partial charge is 0.0141 e. The van der Waals surface area contributed by atoms with Gasteiger partial charge < -0.3 is 0 Å². The zero-order valence-corrected chi connectivity index (χ0v) is 18.0. The molecule has 26 heavy (non-hydrogen) atoms. The Labute approximate surface area is 163 Å². The number of rotatable bonds is 5. The first-order chi connectivity index (χ1) is 12.4. The third-order valence-corrected chi connectivity index (χ3v) is 8.84. The predicted octanol–water partition coefficient (Wildman–Crippen LogP) is 8.40. The summed E-state index contributed by atoms with van der Waals surface area (Å²) in [6.07, 6.45) is 21.3. The summed E-state index contributed by atoms with van der Waals surface area (Å²) in [4.78, 5) is 0. The molecular formula is C26H42. The maximum absolute atomic E-state index is 4.32. The van der Waals surface area contributed by atoms with Crippen LogP contribution >= 0.6 is 0 Å². The Bertz CT molecular complexity index is 577. The zero-order chi connectivity index (χ0) is 18.8. The van der Waals surface area contributed by atoms with E-state index in [4.69, 9.17) is 0 Å². The van der Waals surface area contributed by atoms with Gasteiger partial charge in [-0.25, -0.2) is 0 Å². The maximum Gasteiger partial charge on any atom is -0.0141 e. The van der Waals surface area contributed by atoms with Crippen LogP contribution in [0.2, 0.25) is 0 Å². The highest BCUT2D eigenvalue weighted by Gasteiger charge is 2.57. The lowest BCUT2D eigenvalue weighted by Crippen LogP contribution is -2.43. The molecule has 4 atom stereocenters. The molecule has 0 aromatic rings. The fourth-order valence-corrected chi connectivity index (χ4v) is 6.57. The van der Waals surface area contributed by atoms with Crippen LogP contribution in [-0.4, -0.2) is 0 Å². The summed E-state index contributed by atoms with van der Waals surface area (Å²) < 4.78 is 0. The molecule has 0 saturated heterocycles. The second-order valence-electron chi connectivity index (χ2n) is 10.1. The van der Waals surface area contributed by atoms with Crippen molar-refractivity contribution in [2.45, 2.75) is 105 Å². The third kappa shape index (κ3) is 3.50. The summed E-state index contributed by atoms with van der Waals surface area (Å²) in [7, 11) is 0. The van der Waals surface area contributed by atoms with Crippen LogP contribution in [0.1, 0.15) is 105 Å². The number of allylic oxidation sites excluding steroid dienone is 5. The minimum Gasteiger partial charge on any atom is -0.0956 e. The van der Waals surface area contributed by atoms with Gasteiger partial charge in [-0.15, -0.1) is 0 Å². The van der Waals surface area contributed by atoms with Gasteiger partial charge in [0.15, 0.2) is 0 Å². The van der Waals surface area contributed by atoms with Crippen molar-refractivity contribution < 1.29 is 0 Å². The van der Waals surface area contributed by atoms with Gasteiger partial charge in [0.25, 0.3) is 0 Å². The quantitative estimate of drug-likeness (QED) is 0.465.